The Bertz CT molecular complexity index is 413. The molecule has 0 aliphatic heterocycles. The molecule has 0 aromatic carbocycles. The molecule has 17 heavy (non-hydrogen) atoms. The fourth-order valence-electron chi connectivity index (χ4n) is 1.53. The summed E-state index contributed by atoms with van der Waals surface area (Å²) in [5.74, 6) is -0.401. The molecule has 3 N–H and O–H groups in total. The summed E-state index contributed by atoms with van der Waals surface area (Å²) < 4.78 is 0. The van der Waals surface area contributed by atoms with E-state index in [0.29, 0.717) is 19.4 Å². The Morgan fingerprint density at radius 1 is 1.47 bits per heavy atom. The average Bonchev–Trinajstić information content (AvgIpc) is 2.65. The van der Waals surface area contributed by atoms with Gasteiger partial charge in [0, 0.05) is 17.8 Å². The van der Waals surface area contributed by atoms with E-state index >= 15 is 0 Å². The molecule has 1 aromatic rings. The van der Waals surface area contributed by atoms with Crippen molar-refractivity contribution >= 4 is 23.2 Å². The first-order chi connectivity index (χ1) is 8.04. The molecule has 0 radical (unpaired) electrons. The maximum atomic E-state index is 11.8. The summed E-state index contributed by atoms with van der Waals surface area (Å²) in [7, 11) is 0. The third-order valence-corrected chi connectivity index (χ3v) is 3.60. The van der Waals surface area contributed by atoms with Crippen LogP contribution < -0.4 is 11.1 Å². The van der Waals surface area contributed by atoms with Crippen LogP contribution >= 0.6 is 11.3 Å². The van der Waals surface area contributed by atoms with Crippen LogP contribution in [0.4, 0.5) is 0 Å². The van der Waals surface area contributed by atoms with Gasteiger partial charge in [-0.1, -0.05) is 6.92 Å². The van der Waals surface area contributed by atoms with Crippen LogP contribution in [0.1, 0.15) is 39.9 Å². The molecule has 0 bridgehead atoms. The van der Waals surface area contributed by atoms with Gasteiger partial charge >= 0.3 is 0 Å². The van der Waals surface area contributed by atoms with Gasteiger partial charge in [0.2, 0.25) is 5.91 Å². The first-order valence-corrected chi connectivity index (χ1v) is 6.52. The second kappa shape index (κ2) is 6.39. The second-order valence-electron chi connectivity index (χ2n) is 3.87. The summed E-state index contributed by atoms with van der Waals surface area (Å²) in [4.78, 5) is 24.2. The molecule has 0 atom stereocenters. The monoisotopic (exact) mass is 254 g/mol. The van der Waals surface area contributed by atoms with E-state index in [0.717, 1.165) is 11.3 Å². The van der Waals surface area contributed by atoms with E-state index in [4.69, 9.17) is 5.73 Å². The highest BCUT2D eigenvalue weighted by molar-refractivity contribution is 7.14. The SMILES string of the molecule is CCc1cc(C(=O)NCCCC(N)=O)sc1C. The van der Waals surface area contributed by atoms with Crippen molar-refractivity contribution in [3.8, 4) is 0 Å². The van der Waals surface area contributed by atoms with Crippen LogP contribution in [0.3, 0.4) is 0 Å². The number of carbonyl (C=O) groups is 2. The molecule has 5 heteroatoms. The van der Waals surface area contributed by atoms with Crippen molar-refractivity contribution in [2.24, 2.45) is 5.73 Å². The Labute approximate surface area is 105 Å². The molecular weight excluding hydrogens is 236 g/mol. The molecule has 1 heterocycles. The lowest BCUT2D eigenvalue weighted by Crippen LogP contribution is -2.24. The third-order valence-electron chi connectivity index (χ3n) is 2.51. The van der Waals surface area contributed by atoms with Gasteiger partial charge in [0.1, 0.15) is 0 Å². The lowest BCUT2D eigenvalue weighted by molar-refractivity contribution is -0.118. The zero-order chi connectivity index (χ0) is 12.8. The summed E-state index contributed by atoms with van der Waals surface area (Å²) in [6.45, 7) is 4.58. The molecule has 0 aliphatic carbocycles. The molecule has 0 spiro atoms. The minimum atomic E-state index is -0.334. The summed E-state index contributed by atoms with van der Waals surface area (Å²) >= 11 is 1.51. The molecule has 2 amide bonds. The Balaban J connectivity index is 2.44. The van der Waals surface area contributed by atoms with Crippen LogP contribution in [-0.4, -0.2) is 18.4 Å². The Morgan fingerprint density at radius 2 is 2.18 bits per heavy atom. The number of nitrogens with one attached hydrogen (secondary N) is 1. The van der Waals surface area contributed by atoms with Crippen molar-refractivity contribution in [3.05, 3.63) is 21.4 Å². The fourth-order valence-corrected chi connectivity index (χ4v) is 2.56. The molecule has 94 valence electrons. The lowest BCUT2D eigenvalue weighted by Gasteiger charge is -2.01. The predicted octanol–water partition coefficient (Wildman–Crippen LogP) is 1.61. The molecule has 0 saturated carbocycles. The fraction of sp³-hybridized carbons (Fsp3) is 0.500. The van der Waals surface area contributed by atoms with E-state index in [1.807, 2.05) is 13.0 Å². The molecule has 4 nitrogen and oxygen atoms in total. The topological polar surface area (TPSA) is 72.2 Å². The van der Waals surface area contributed by atoms with Gasteiger partial charge in [0.15, 0.2) is 0 Å². The van der Waals surface area contributed by atoms with E-state index in [1.165, 1.54) is 21.8 Å². The van der Waals surface area contributed by atoms with Crippen molar-refractivity contribution in [2.75, 3.05) is 6.54 Å². The summed E-state index contributed by atoms with van der Waals surface area (Å²) in [5, 5.41) is 2.78. The summed E-state index contributed by atoms with van der Waals surface area (Å²) in [5.41, 5.74) is 6.23. The molecule has 0 fully saturated rings. The van der Waals surface area contributed by atoms with Crippen LogP contribution in [0, 0.1) is 6.92 Å². The molecule has 0 saturated heterocycles. The van der Waals surface area contributed by atoms with Crippen LogP contribution in [0.15, 0.2) is 6.07 Å². The standard InChI is InChI=1S/C12H18N2O2S/c1-3-9-7-10(17-8(9)2)12(16)14-6-4-5-11(13)15/h7H,3-6H2,1-2H3,(H2,13,15)(H,14,16). The van der Waals surface area contributed by atoms with Crippen LogP contribution in [-0.2, 0) is 11.2 Å². The van der Waals surface area contributed by atoms with Gasteiger partial charge in [-0.25, -0.2) is 0 Å². The Kier molecular flexibility index (Phi) is 5.15. The van der Waals surface area contributed by atoms with Gasteiger partial charge in [0.05, 0.1) is 4.88 Å². The number of nitrogens with two attached hydrogens (primary N) is 1. The van der Waals surface area contributed by atoms with Gasteiger partial charge in [-0.3, -0.25) is 9.59 Å². The average molecular weight is 254 g/mol. The zero-order valence-electron chi connectivity index (χ0n) is 10.2. The van der Waals surface area contributed by atoms with Crippen LogP contribution in [0.5, 0.6) is 0 Å². The third kappa shape index (κ3) is 4.19. The van der Waals surface area contributed by atoms with Crippen LogP contribution in [0.2, 0.25) is 0 Å². The van der Waals surface area contributed by atoms with Gasteiger partial charge in [-0.2, -0.15) is 0 Å². The molecule has 1 rings (SSSR count). The number of primary amides is 1. The number of amides is 2. The van der Waals surface area contributed by atoms with Crippen molar-refractivity contribution in [1.29, 1.82) is 0 Å². The number of aryl methyl sites for hydroxylation is 2. The molecule has 1 aromatic heterocycles. The maximum Gasteiger partial charge on any atom is 0.261 e. The van der Waals surface area contributed by atoms with E-state index in [1.54, 1.807) is 0 Å². The number of thiophene rings is 1. The molecular formula is C12H18N2O2S. The lowest BCUT2D eigenvalue weighted by atomic mass is 10.2. The first-order valence-electron chi connectivity index (χ1n) is 5.70. The number of hydrogen-bond acceptors (Lipinski definition) is 3. The van der Waals surface area contributed by atoms with E-state index in [-0.39, 0.29) is 11.8 Å². The normalized spacial score (nSPS) is 10.2. The Hall–Kier alpha value is -1.36. The summed E-state index contributed by atoms with van der Waals surface area (Å²) in [6, 6.07) is 1.93. The van der Waals surface area contributed by atoms with E-state index in [2.05, 4.69) is 12.2 Å². The first kappa shape index (κ1) is 13.7. The van der Waals surface area contributed by atoms with E-state index in [9.17, 15) is 9.59 Å². The predicted molar refractivity (Wildman–Crippen MR) is 69.2 cm³/mol. The number of rotatable bonds is 6. The quantitative estimate of drug-likeness (QED) is 0.757. The number of hydrogen-bond donors (Lipinski definition) is 2. The second-order valence-corrected chi connectivity index (χ2v) is 5.13. The zero-order valence-corrected chi connectivity index (χ0v) is 11.0. The van der Waals surface area contributed by atoms with Crippen molar-refractivity contribution in [1.82, 2.24) is 5.32 Å². The highest BCUT2D eigenvalue weighted by atomic mass is 32.1. The highest BCUT2D eigenvalue weighted by Crippen LogP contribution is 2.21. The number of carbonyl (C=O) groups excluding carboxylic acids is 2. The molecule has 0 unspecified atom stereocenters. The van der Waals surface area contributed by atoms with Crippen LogP contribution in [0.25, 0.3) is 0 Å². The van der Waals surface area contributed by atoms with Gasteiger partial charge in [0.25, 0.3) is 5.91 Å². The molecule has 0 aliphatic rings. The van der Waals surface area contributed by atoms with Gasteiger partial charge in [-0.15, -0.1) is 11.3 Å². The smallest absolute Gasteiger partial charge is 0.261 e. The highest BCUT2D eigenvalue weighted by Gasteiger charge is 2.10. The van der Waals surface area contributed by atoms with Gasteiger partial charge < -0.3 is 11.1 Å². The van der Waals surface area contributed by atoms with E-state index < -0.39 is 0 Å². The van der Waals surface area contributed by atoms with Crippen molar-refractivity contribution in [3.63, 3.8) is 0 Å². The largest absolute Gasteiger partial charge is 0.370 e. The van der Waals surface area contributed by atoms with Gasteiger partial charge in [-0.05, 0) is 31.4 Å². The van der Waals surface area contributed by atoms with Crippen molar-refractivity contribution in [2.45, 2.75) is 33.1 Å². The minimum Gasteiger partial charge on any atom is -0.370 e. The maximum absolute atomic E-state index is 11.8. The minimum absolute atomic E-state index is 0.0673. The summed E-state index contributed by atoms with van der Waals surface area (Å²) in [6.07, 6.45) is 1.84. The Morgan fingerprint density at radius 3 is 2.71 bits per heavy atom. The van der Waals surface area contributed by atoms with Crippen molar-refractivity contribution < 1.29 is 9.59 Å².